The number of nitrogens with zero attached hydrogens (tertiary/aromatic N) is 2. The molecule has 39 heavy (non-hydrogen) atoms. The maximum atomic E-state index is 11.5. The van der Waals surface area contributed by atoms with Gasteiger partial charge in [-0.25, -0.2) is 9.78 Å². The Kier molecular flexibility index (Phi) is 15.7. The van der Waals surface area contributed by atoms with Gasteiger partial charge in [0.25, 0.3) is 0 Å². The smallest absolute Gasteiger partial charge is 0.525 e. The molecule has 2 amide bonds. The average Bonchev–Trinajstić information content (AvgIpc) is 2.90. The number of hydrogen-bond acceptors (Lipinski definition) is 5. The first kappa shape index (κ1) is 34.3. The van der Waals surface area contributed by atoms with Crippen LogP contribution in [0.5, 0.6) is 5.75 Å². The number of carboxylic acid groups (broad SMARTS) is 1. The number of carbonyl (C=O) groups excluding carboxylic acids is 1. The summed E-state index contributed by atoms with van der Waals surface area (Å²) in [6.45, 7) is 17.9. The van der Waals surface area contributed by atoms with E-state index in [0.29, 0.717) is 19.7 Å². The predicted octanol–water partition coefficient (Wildman–Crippen LogP) is 2.22. The number of urea groups is 1. The molecule has 0 aliphatic carbocycles. The predicted molar refractivity (Wildman–Crippen MR) is 152 cm³/mol. The molecular formula is C30H43LiN4O4-2. The van der Waals surface area contributed by atoms with E-state index in [0.717, 1.165) is 37.4 Å². The molecule has 1 fully saturated rings. The average molecular weight is 531 g/mol. The molecule has 2 aliphatic rings. The summed E-state index contributed by atoms with van der Waals surface area (Å²) in [7, 11) is 0. The standard InChI is InChI=1S/C12H17N2.C10H17N2O3.C8H9O.Li/c1-2-3-6-11-8-7-10-5-4-9-13-12(10)14-11;1-4-7(8(13)14)11-9(15)12-5-10(2,3)6-12;1-2-9-8-6-4-3-5-7-8;/h7-8H,1-6,9H2,(H,13,14);7H,1,4-6H2,2-3H3,(H,11,15)(H,13,14);3-7H,1-2H2;/q3*-1;+1/t;7-;;/m.0../s1. The van der Waals surface area contributed by atoms with Gasteiger partial charge in [0.05, 0.1) is 0 Å². The molecule has 2 aromatic rings. The fourth-order valence-electron chi connectivity index (χ4n) is 4.08. The zero-order valence-corrected chi connectivity index (χ0v) is 23.9. The Morgan fingerprint density at radius 2 is 1.85 bits per heavy atom. The van der Waals surface area contributed by atoms with Crippen LogP contribution in [-0.4, -0.2) is 59.3 Å². The third-order valence-electron chi connectivity index (χ3n) is 6.06. The van der Waals surface area contributed by atoms with E-state index in [9.17, 15) is 9.59 Å². The summed E-state index contributed by atoms with van der Waals surface area (Å²) in [4.78, 5) is 28.4. The van der Waals surface area contributed by atoms with E-state index in [1.165, 1.54) is 24.1 Å². The summed E-state index contributed by atoms with van der Waals surface area (Å²) in [5.74, 6) is 0.948. The van der Waals surface area contributed by atoms with Crippen molar-refractivity contribution in [2.45, 2.75) is 58.4 Å². The first-order valence-corrected chi connectivity index (χ1v) is 13.3. The molecule has 0 unspecified atom stereocenters. The molecule has 1 aromatic heterocycles. The van der Waals surface area contributed by atoms with Crippen molar-refractivity contribution in [2.75, 3.05) is 31.6 Å². The Balaban J connectivity index is 0.000000297. The number of likely N-dealkylation sites (tertiary alicyclic amines) is 1. The van der Waals surface area contributed by atoms with Crippen molar-refractivity contribution in [3.8, 4) is 5.75 Å². The number of carboxylic acids is 1. The topological polar surface area (TPSA) is 104 Å². The van der Waals surface area contributed by atoms with E-state index in [4.69, 9.17) is 9.84 Å². The molecule has 3 N–H and O–H groups in total. The van der Waals surface area contributed by atoms with Crippen LogP contribution in [0.3, 0.4) is 0 Å². The second kappa shape index (κ2) is 17.8. The van der Waals surface area contributed by atoms with Crippen LogP contribution in [0.25, 0.3) is 0 Å². The van der Waals surface area contributed by atoms with Crippen LogP contribution in [0.4, 0.5) is 10.6 Å². The quantitative estimate of drug-likeness (QED) is 0.357. The Morgan fingerprint density at radius 3 is 2.41 bits per heavy atom. The van der Waals surface area contributed by atoms with E-state index in [1.807, 2.05) is 30.3 Å². The normalized spacial score (nSPS) is 15.2. The summed E-state index contributed by atoms with van der Waals surface area (Å²) in [6.07, 6.45) is 5.73. The van der Waals surface area contributed by atoms with Crippen molar-refractivity contribution in [1.82, 2.24) is 15.2 Å². The van der Waals surface area contributed by atoms with Crippen molar-refractivity contribution >= 4 is 17.8 Å². The number of carbonyl (C=O) groups is 2. The van der Waals surface area contributed by atoms with Crippen LogP contribution >= 0.6 is 0 Å². The van der Waals surface area contributed by atoms with Crippen LogP contribution in [0.1, 0.15) is 50.8 Å². The van der Waals surface area contributed by atoms with Crippen molar-refractivity contribution in [1.29, 1.82) is 0 Å². The number of nitrogens with one attached hydrogen (secondary N) is 2. The molecule has 2 aliphatic heterocycles. The Bertz CT molecular complexity index is 996. The summed E-state index contributed by atoms with van der Waals surface area (Å²) < 4.78 is 5.09. The van der Waals surface area contributed by atoms with Gasteiger partial charge >= 0.3 is 30.9 Å². The molecule has 9 heteroatoms. The maximum absolute atomic E-state index is 11.5. The molecule has 3 heterocycles. The van der Waals surface area contributed by atoms with Crippen molar-refractivity contribution in [3.05, 3.63) is 74.5 Å². The third kappa shape index (κ3) is 12.4. The molecule has 0 spiro atoms. The van der Waals surface area contributed by atoms with Gasteiger partial charge in [-0.2, -0.15) is 12.8 Å². The minimum atomic E-state index is -1.04. The number of pyridine rings is 1. The van der Waals surface area contributed by atoms with Crippen molar-refractivity contribution in [2.24, 2.45) is 5.41 Å². The number of amides is 2. The number of ether oxygens (including phenoxy) is 1. The van der Waals surface area contributed by atoms with Gasteiger partial charge < -0.3 is 46.1 Å². The number of aromatic nitrogens is 1. The zero-order chi connectivity index (χ0) is 28.0. The third-order valence-corrected chi connectivity index (χ3v) is 6.06. The fraction of sp³-hybridized carbons (Fsp3) is 0.467. The Labute approximate surface area is 246 Å². The van der Waals surface area contributed by atoms with E-state index in [-0.39, 0.29) is 36.7 Å². The number of aliphatic carboxylic acids is 1. The van der Waals surface area contributed by atoms with Crippen LogP contribution in [0, 0.1) is 26.2 Å². The molecule has 0 bridgehead atoms. The van der Waals surface area contributed by atoms with Crippen LogP contribution in [0.15, 0.2) is 42.5 Å². The summed E-state index contributed by atoms with van der Waals surface area (Å²) in [5, 5.41) is 14.5. The van der Waals surface area contributed by atoms with E-state index >= 15 is 0 Å². The zero-order valence-electron chi connectivity index (χ0n) is 23.9. The molecule has 0 radical (unpaired) electrons. The first-order chi connectivity index (χ1) is 18.2. The number of hydrogen-bond donors (Lipinski definition) is 3. The van der Waals surface area contributed by atoms with Gasteiger partial charge in [0, 0.05) is 30.7 Å². The molecule has 1 saturated heterocycles. The minimum Gasteiger partial charge on any atom is -0.525 e. The number of aryl methyl sites for hydroxylation is 2. The van der Waals surface area contributed by atoms with Gasteiger partial charge in [0.15, 0.2) is 0 Å². The largest absolute Gasteiger partial charge is 1.00 e. The number of anilines is 1. The van der Waals surface area contributed by atoms with Gasteiger partial charge in [-0.1, -0.05) is 44.5 Å². The van der Waals surface area contributed by atoms with Gasteiger partial charge in [-0.3, -0.25) is 4.79 Å². The summed E-state index contributed by atoms with van der Waals surface area (Å²) in [6, 6.07) is 12.8. The van der Waals surface area contributed by atoms with Crippen LogP contribution < -0.4 is 34.2 Å². The van der Waals surface area contributed by atoms with E-state index < -0.39 is 12.0 Å². The number of rotatable bonds is 8. The van der Waals surface area contributed by atoms with Gasteiger partial charge in [-0.05, 0) is 49.6 Å². The molecular weight excluding hydrogens is 487 g/mol. The molecule has 1 aromatic carbocycles. The van der Waals surface area contributed by atoms with Gasteiger partial charge in [0.2, 0.25) is 0 Å². The number of fused-ring (bicyclic) bond motifs is 1. The Morgan fingerprint density at radius 1 is 1.15 bits per heavy atom. The van der Waals surface area contributed by atoms with Crippen molar-refractivity contribution in [3.63, 3.8) is 0 Å². The summed E-state index contributed by atoms with van der Waals surface area (Å²) in [5.41, 5.74) is 2.72. The maximum Gasteiger partial charge on any atom is 1.00 e. The second-order valence-electron chi connectivity index (χ2n) is 10.1. The van der Waals surface area contributed by atoms with Crippen LogP contribution in [-0.2, 0) is 17.6 Å². The van der Waals surface area contributed by atoms with E-state index in [1.54, 1.807) is 4.90 Å². The van der Waals surface area contributed by atoms with Gasteiger partial charge in [-0.15, -0.1) is 0 Å². The van der Waals surface area contributed by atoms with E-state index in [2.05, 4.69) is 62.4 Å². The van der Waals surface area contributed by atoms with Crippen LogP contribution in [0.2, 0.25) is 0 Å². The molecule has 0 saturated carbocycles. The summed E-state index contributed by atoms with van der Waals surface area (Å²) >= 11 is 0. The molecule has 4 rings (SSSR count). The number of unbranched alkanes of at least 4 members (excludes halogenated alkanes) is 1. The van der Waals surface area contributed by atoms with Crippen molar-refractivity contribution < 1.29 is 38.3 Å². The minimum absolute atomic E-state index is 0. The molecule has 8 nitrogen and oxygen atoms in total. The molecule has 1 atom stereocenters. The number of para-hydroxylation sites is 1. The Hall–Kier alpha value is -2.69. The first-order valence-electron chi connectivity index (χ1n) is 13.3. The van der Waals surface area contributed by atoms with Gasteiger partial charge in [0.1, 0.15) is 17.6 Å². The SMILES string of the molecule is [CH2-]CCCc1ccc2c(n1)NCCC2.[CH2-]COc1ccccc1.[CH2-]C[C@H](NC(=O)N1CC(C)(C)C1)C(=O)O.[Li+]. The molecule has 210 valence electrons. The fourth-order valence-corrected chi connectivity index (χ4v) is 4.08. The second-order valence-corrected chi connectivity index (χ2v) is 10.1. The monoisotopic (exact) mass is 530 g/mol. The number of benzene rings is 1.